The van der Waals surface area contributed by atoms with Gasteiger partial charge in [-0.3, -0.25) is 4.79 Å². The molecule has 1 atom stereocenters. The number of hydrogen-bond acceptors (Lipinski definition) is 6. The first kappa shape index (κ1) is 13.9. The number of nitrogens with zero attached hydrogens (tertiary/aromatic N) is 3. The summed E-state index contributed by atoms with van der Waals surface area (Å²) in [6.07, 6.45) is 3.18. The molecule has 1 amide bonds. The molecule has 1 rings (SSSR count). The number of ether oxygens (including phenoxy) is 1. The molecule has 0 radical (unpaired) electrons. The van der Waals surface area contributed by atoms with Crippen LogP contribution in [0.15, 0.2) is 18.5 Å². The first-order valence-electron chi connectivity index (χ1n) is 5.40. The van der Waals surface area contributed by atoms with Crippen LogP contribution in [0.5, 0.6) is 0 Å². The molecule has 1 N–H and O–H groups in total. The lowest BCUT2D eigenvalue weighted by molar-refractivity contribution is -0.144. The molecule has 0 aliphatic carbocycles. The van der Waals surface area contributed by atoms with E-state index in [1.165, 1.54) is 7.11 Å². The average molecular weight is 252 g/mol. The number of nitrogens with one attached hydrogen (secondary N) is 1. The molecular weight excluding hydrogens is 236 g/mol. The summed E-state index contributed by atoms with van der Waals surface area (Å²) < 4.78 is 4.51. The van der Waals surface area contributed by atoms with Gasteiger partial charge in [-0.2, -0.15) is 0 Å². The number of anilines is 1. The Kier molecular flexibility index (Phi) is 5.04. The Labute approximate surface area is 105 Å². The Bertz CT molecular complexity index is 410. The minimum absolute atomic E-state index is 0.0609. The Morgan fingerprint density at radius 2 is 2.06 bits per heavy atom. The SMILES string of the molecule is COC(=O)C(C)NC(=O)CN(C)c1ncccn1. The highest BCUT2D eigenvalue weighted by atomic mass is 16.5. The fourth-order valence-corrected chi connectivity index (χ4v) is 1.30. The lowest BCUT2D eigenvalue weighted by Gasteiger charge is -2.17. The van der Waals surface area contributed by atoms with Crippen LogP contribution in [0.4, 0.5) is 5.95 Å². The third kappa shape index (κ3) is 4.00. The quantitative estimate of drug-likeness (QED) is 0.717. The largest absolute Gasteiger partial charge is 0.467 e. The van der Waals surface area contributed by atoms with Crippen LogP contribution in [-0.4, -0.2) is 48.6 Å². The molecule has 1 aromatic heterocycles. The van der Waals surface area contributed by atoms with E-state index >= 15 is 0 Å². The van der Waals surface area contributed by atoms with Crippen LogP contribution in [0.25, 0.3) is 0 Å². The summed E-state index contributed by atoms with van der Waals surface area (Å²) >= 11 is 0. The van der Waals surface area contributed by atoms with Gasteiger partial charge in [-0.05, 0) is 13.0 Å². The second-order valence-electron chi connectivity index (χ2n) is 3.72. The van der Waals surface area contributed by atoms with E-state index in [0.29, 0.717) is 5.95 Å². The Hall–Kier alpha value is -2.18. The Morgan fingerprint density at radius 1 is 1.44 bits per heavy atom. The summed E-state index contributed by atoms with van der Waals surface area (Å²) in [5, 5.41) is 2.52. The number of carbonyl (C=O) groups excluding carboxylic acids is 2. The monoisotopic (exact) mass is 252 g/mol. The zero-order valence-electron chi connectivity index (χ0n) is 10.6. The number of rotatable bonds is 5. The van der Waals surface area contributed by atoms with Gasteiger partial charge in [-0.15, -0.1) is 0 Å². The highest BCUT2D eigenvalue weighted by Crippen LogP contribution is 2.00. The molecule has 1 unspecified atom stereocenters. The molecular formula is C11H16N4O3. The molecule has 1 aromatic rings. The van der Waals surface area contributed by atoms with Crippen molar-refractivity contribution < 1.29 is 14.3 Å². The average Bonchev–Trinajstić information content (AvgIpc) is 2.38. The van der Waals surface area contributed by atoms with Gasteiger partial charge in [0.15, 0.2) is 0 Å². The van der Waals surface area contributed by atoms with Gasteiger partial charge in [0.25, 0.3) is 0 Å². The lowest BCUT2D eigenvalue weighted by Crippen LogP contribution is -2.44. The van der Waals surface area contributed by atoms with Gasteiger partial charge in [0.05, 0.1) is 13.7 Å². The number of methoxy groups -OCH3 is 1. The van der Waals surface area contributed by atoms with E-state index < -0.39 is 12.0 Å². The molecule has 0 aromatic carbocycles. The van der Waals surface area contributed by atoms with Crippen LogP contribution in [0, 0.1) is 0 Å². The number of amides is 1. The molecule has 1 heterocycles. The normalized spacial score (nSPS) is 11.5. The predicted molar refractivity (Wildman–Crippen MR) is 64.9 cm³/mol. The third-order valence-electron chi connectivity index (χ3n) is 2.21. The Morgan fingerprint density at radius 3 is 2.61 bits per heavy atom. The number of carbonyl (C=O) groups is 2. The number of hydrogen-bond donors (Lipinski definition) is 1. The second-order valence-corrected chi connectivity index (χ2v) is 3.72. The number of esters is 1. The van der Waals surface area contributed by atoms with E-state index in [4.69, 9.17) is 0 Å². The van der Waals surface area contributed by atoms with E-state index in [1.54, 1.807) is 37.3 Å². The zero-order valence-corrected chi connectivity index (χ0v) is 10.6. The molecule has 7 nitrogen and oxygen atoms in total. The van der Waals surface area contributed by atoms with E-state index in [-0.39, 0.29) is 12.5 Å². The molecule has 0 fully saturated rings. The van der Waals surface area contributed by atoms with Gasteiger partial charge in [0.1, 0.15) is 6.04 Å². The fraction of sp³-hybridized carbons (Fsp3) is 0.455. The highest BCUT2D eigenvalue weighted by molar-refractivity contribution is 5.86. The van der Waals surface area contributed by atoms with E-state index in [2.05, 4.69) is 20.0 Å². The molecule has 0 bridgehead atoms. The first-order chi connectivity index (χ1) is 8.54. The van der Waals surface area contributed by atoms with E-state index in [9.17, 15) is 9.59 Å². The zero-order chi connectivity index (χ0) is 13.5. The van der Waals surface area contributed by atoms with Gasteiger partial charge in [-0.1, -0.05) is 0 Å². The van der Waals surface area contributed by atoms with Gasteiger partial charge in [0.2, 0.25) is 11.9 Å². The van der Waals surface area contributed by atoms with Crippen molar-refractivity contribution in [1.29, 1.82) is 0 Å². The van der Waals surface area contributed by atoms with Crippen molar-refractivity contribution in [2.24, 2.45) is 0 Å². The highest BCUT2D eigenvalue weighted by Gasteiger charge is 2.17. The van der Waals surface area contributed by atoms with Crippen LogP contribution < -0.4 is 10.2 Å². The summed E-state index contributed by atoms with van der Waals surface area (Å²) in [5.74, 6) is -0.344. The van der Waals surface area contributed by atoms with E-state index in [1.807, 2.05) is 0 Å². The van der Waals surface area contributed by atoms with Crippen LogP contribution >= 0.6 is 0 Å². The maximum absolute atomic E-state index is 11.6. The smallest absolute Gasteiger partial charge is 0.328 e. The Balaban J connectivity index is 2.48. The first-order valence-corrected chi connectivity index (χ1v) is 5.40. The maximum Gasteiger partial charge on any atom is 0.328 e. The van der Waals surface area contributed by atoms with Crippen molar-refractivity contribution in [2.75, 3.05) is 25.6 Å². The van der Waals surface area contributed by atoms with Crippen molar-refractivity contribution >= 4 is 17.8 Å². The van der Waals surface area contributed by atoms with E-state index in [0.717, 1.165) is 0 Å². The summed E-state index contributed by atoms with van der Waals surface area (Å²) in [7, 11) is 2.96. The van der Waals surface area contributed by atoms with Crippen molar-refractivity contribution in [3.8, 4) is 0 Å². The summed E-state index contributed by atoms with van der Waals surface area (Å²) in [6.45, 7) is 1.62. The summed E-state index contributed by atoms with van der Waals surface area (Å²) in [4.78, 5) is 32.4. The van der Waals surface area contributed by atoms with Gasteiger partial charge < -0.3 is 15.0 Å². The van der Waals surface area contributed by atoms with Crippen molar-refractivity contribution in [1.82, 2.24) is 15.3 Å². The molecule has 0 saturated carbocycles. The maximum atomic E-state index is 11.6. The van der Waals surface area contributed by atoms with Crippen LogP contribution in [0.1, 0.15) is 6.92 Å². The number of aromatic nitrogens is 2. The third-order valence-corrected chi connectivity index (χ3v) is 2.21. The number of likely N-dealkylation sites (N-methyl/N-ethyl adjacent to an activating group) is 1. The minimum atomic E-state index is -0.674. The van der Waals surface area contributed by atoms with Crippen molar-refractivity contribution in [3.63, 3.8) is 0 Å². The molecule has 0 spiro atoms. The van der Waals surface area contributed by atoms with Crippen LogP contribution in [0.2, 0.25) is 0 Å². The van der Waals surface area contributed by atoms with Gasteiger partial charge in [0, 0.05) is 19.4 Å². The van der Waals surface area contributed by atoms with Crippen molar-refractivity contribution in [3.05, 3.63) is 18.5 Å². The topological polar surface area (TPSA) is 84.4 Å². The lowest BCUT2D eigenvalue weighted by atomic mass is 10.3. The fourth-order valence-electron chi connectivity index (χ4n) is 1.30. The predicted octanol–water partition coefficient (Wildman–Crippen LogP) is -0.409. The molecule has 0 aliphatic heterocycles. The van der Waals surface area contributed by atoms with Crippen LogP contribution in [0.3, 0.4) is 0 Å². The van der Waals surface area contributed by atoms with Crippen LogP contribution in [-0.2, 0) is 14.3 Å². The minimum Gasteiger partial charge on any atom is -0.467 e. The molecule has 0 saturated heterocycles. The van der Waals surface area contributed by atoms with Crippen molar-refractivity contribution in [2.45, 2.75) is 13.0 Å². The second kappa shape index (κ2) is 6.53. The molecule has 98 valence electrons. The standard InChI is InChI=1S/C11H16N4O3/c1-8(10(17)18-3)14-9(16)7-15(2)11-12-5-4-6-13-11/h4-6,8H,7H2,1-3H3,(H,14,16). The van der Waals surface area contributed by atoms with Gasteiger partial charge >= 0.3 is 5.97 Å². The molecule has 7 heteroatoms. The van der Waals surface area contributed by atoms with Gasteiger partial charge in [-0.25, -0.2) is 14.8 Å². The molecule has 18 heavy (non-hydrogen) atoms. The summed E-state index contributed by atoms with van der Waals surface area (Å²) in [5.41, 5.74) is 0. The molecule has 0 aliphatic rings. The summed E-state index contributed by atoms with van der Waals surface area (Å²) in [6, 6.07) is 1.02.